The summed E-state index contributed by atoms with van der Waals surface area (Å²) in [6.07, 6.45) is 1.89. The van der Waals surface area contributed by atoms with E-state index in [1.807, 2.05) is 6.07 Å². The summed E-state index contributed by atoms with van der Waals surface area (Å²) in [6, 6.07) is 3.47. The highest BCUT2D eigenvalue weighted by atomic mass is 16.1. The van der Waals surface area contributed by atoms with Crippen LogP contribution in [0.4, 0.5) is 0 Å². The Hall–Kier alpha value is -1.09. The maximum absolute atomic E-state index is 11.2. The molecular weight excluding hydrogens is 176 g/mol. The highest BCUT2D eigenvalue weighted by Gasteiger charge is 2.30. The van der Waals surface area contributed by atoms with Crippen LogP contribution in [0.5, 0.6) is 0 Å². The molecule has 0 aliphatic heterocycles. The molecule has 0 saturated carbocycles. The molecule has 1 atom stereocenters. The number of nitrogens with two attached hydrogens (primary N) is 1. The van der Waals surface area contributed by atoms with Crippen molar-refractivity contribution in [1.82, 2.24) is 4.98 Å². The van der Waals surface area contributed by atoms with Crippen LogP contribution in [-0.2, 0) is 6.42 Å². The quantitative estimate of drug-likeness (QED) is 0.651. The van der Waals surface area contributed by atoms with Gasteiger partial charge in [-0.1, -0.05) is 19.9 Å². The van der Waals surface area contributed by atoms with E-state index in [1.54, 1.807) is 6.07 Å². The molecule has 0 saturated heterocycles. The van der Waals surface area contributed by atoms with Crippen molar-refractivity contribution in [3.8, 4) is 0 Å². The fourth-order valence-corrected chi connectivity index (χ4v) is 2.28. The summed E-state index contributed by atoms with van der Waals surface area (Å²) in [5, 5.41) is 0. The average molecular weight is 192 g/mol. The number of H-pyrrole nitrogens is 1. The first kappa shape index (κ1) is 9.46. The van der Waals surface area contributed by atoms with E-state index in [0.717, 1.165) is 24.1 Å². The lowest BCUT2D eigenvalue weighted by Crippen LogP contribution is -2.31. The number of fused-ring (bicyclic) bond motifs is 1. The van der Waals surface area contributed by atoms with Gasteiger partial charge < -0.3 is 10.7 Å². The third-order valence-corrected chi connectivity index (χ3v) is 2.86. The Morgan fingerprint density at radius 3 is 2.93 bits per heavy atom. The van der Waals surface area contributed by atoms with Gasteiger partial charge in [-0.15, -0.1) is 0 Å². The summed E-state index contributed by atoms with van der Waals surface area (Å²) in [4.78, 5) is 14.0. The molecule has 2 rings (SSSR count). The standard InChI is InChI=1S/C11H16N2O/c1-11(2)5-8(12)7-3-4-10(14)13-9(7)6-11/h3-4,8H,5-6,12H2,1-2H3,(H,13,14)/t8-/m0/s1. The smallest absolute Gasteiger partial charge is 0.248 e. The van der Waals surface area contributed by atoms with E-state index in [9.17, 15) is 4.79 Å². The van der Waals surface area contributed by atoms with Crippen molar-refractivity contribution in [2.75, 3.05) is 0 Å². The molecule has 76 valence electrons. The molecule has 0 fully saturated rings. The van der Waals surface area contributed by atoms with Gasteiger partial charge in [-0.2, -0.15) is 0 Å². The van der Waals surface area contributed by atoms with E-state index < -0.39 is 0 Å². The second-order valence-corrected chi connectivity index (χ2v) is 4.91. The maximum atomic E-state index is 11.2. The molecule has 0 bridgehead atoms. The molecule has 3 N–H and O–H groups in total. The van der Waals surface area contributed by atoms with E-state index >= 15 is 0 Å². The first-order valence-electron chi connectivity index (χ1n) is 4.96. The first-order chi connectivity index (χ1) is 6.48. The minimum Gasteiger partial charge on any atom is -0.326 e. The van der Waals surface area contributed by atoms with Gasteiger partial charge in [0.2, 0.25) is 5.56 Å². The largest absolute Gasteiger partial charge is 0.326 e. The molecular formula is C11H16N2O. The molecule has 14 heavy (non-hydrogen) atoms. The number of rotatable bonds is 0. The van der Waals surface area contributed by atoms with Crippen LogP contribution in [-0.4, -0.2) is 4.98 Å². The normalized spacial score (nSPS) is 24.4. The highest BCUT2D eigenvalue weighted by Crippen LogP contribution is 2.37. The van der Waals surface area contributed by atoms with E-state index in [0.29, 0.717) is 0 Å². The summed E-state index contributed by atoms with van der Waals surface area (Å²) in [6.45, 7) is 4.36. The van der Waals surface area contributed by atoms with E-state index in [-0.39, 0.29) is 17.0 Å². The molecule has 1 aromatic rings. The summed E-state index contributed by atoms with van der Waals surface area (Å²) in [5.41, 5.74) is 8.32. The van der Waals surface area contributed by atoms with Crippen molar-refractivity contribution < 1.29 is 0 Å². The first-order valence-corrected chi connectivity index (χ1v) is 4.96. The summed E-state index contributed by atoms with van der Waals surface area (Å²) < 4.78 is 0. The van der Waals surface area contributed by atoms with E-state index in [1.165, 1.54) is 0 Å². The molecule has 0 unspecified atom stereocenters. The Kier molecular flexibility index (Phi) is 2.00. The van der Waals surface area contributed by atoms with Crippen molar-refractivity contribution in [3.63, 3.8) is 0 Å². The molecule has 3 heteroatoms. The zero-order valence-electron chi connectivity index (χ0n) is 8.63. The van der Waals surface area contributed by atoms with Gasteiger partial charge in [0.15, 0.2) is 0 Å². The predicted molar refractivity (Wildman–Crippen MR) is 56.1 cm³/mol. The predicted octanol–water partition coefficient (Wildman–Crippen LogP) is 1.35. The zero-order valence-corrected chi connectivity index (χ0v) is 8.63. The highest BCUT2D eigenvalue weighted by molar-refractivity contribution is 5.27. The van der Waals surface area contributed by atoms with Crippen LogP contribution in [0, 0.1) is 5.41 Å². The Morgan fingerprint density at radius 2 is 2.21 bits per heavy atom. The Bertz CT molecular complexity index is 406. The molecule has 1 aliphatic carbocycles. The SMILES string of the molecule is CC1(C)Cc2[nH]c(=O)ccc2[C@@H](N)C1. The summed E-state index contributed by atoms with van der Waals surface area (Å²) >= 11 is 0. The zero-order chi connectivity index (χ0) is 10.3. The monoisotopic (exact) mass is 192 g/mol. The number of pyridine rings is 1. The number of aromatic nitrogens is 1. The third kappa shape index (κ3) is 1.60. The van der Waals surface area contributed by atoms with E-state index in [2.05, 4.69) is 18.8 Å². The number of hydrogen-bond acceptors (Lipinski definition) is 2. The minimum atomic E-state index is -0.0337. The van der Waals surface area contributed by atoms with Gasteiger partial charge in [0.1, 0.15) is 0 Å². The summed E-state index contributed by atoms with van der Waals surface area (Å²) in [5.74, 6) is 0. The Labute approximate surface area is 83.3 Å². The van der Waals surface area contributed by atoms with Crippen LogP contribution in [0.15, 0.2) is 16.9 Å². The maximum Gasteiger partial charge on any atom is 0.248 e. The molecule has 1 aliphatic rings. The molecule has 1 aromatic heterocycles. The Morgan fingerprint density at radius 1 is 1.50 bits per heavy atom. The number of hydrogen-bond donors (Lipinski definition) is 2. The molecule has 0 aromatic carbocycles. The second kappa shape index (κ2) is 2.95. The number of nitrogens with one attached hydrogen (secondary N) is 1. The Balaban J connectivity index is 2.51. The van der Waals surface area contributed by atoms with Crippen molar-refractivity contribution in [1.29, 1.82) is 0 Å². The topological polar surface area (TPSA) is 58.9 Å². The van der Waals surface area contributed by atoms with Gasteiger partial charge in [-0.25, -0.2) is 0 Å². The van der Waals surface area contributed by atoms with Crippen molar-refractivity contribution in [2.45, 2.75) is 32.7 Å². The van der Waals surface area contributed by atoms with Crippen molar-refractivity contribution in [3.05, 3.63) is 33.7 Å². The lowest BCUT2D eigenvalue weighted by atomic mass is 9.74. The van der Waals surface area contributed by atoms with Gasteiger partial charge in [-0.05, 0) is 23.8 Å². The van der Waals surface area contributed by atoms with Gasteiger partial charge in [0.25, 0.3) is 0 Å². The molecule has 0 radical (unpaired) electrons. The minimum absolute atomic E-state index is 0.0337. The fraction of sp³-hybridized carbons (Fsp3) is 0.545. The van der Waals surface area contributed by atoms with Crippen LogP contribution in [0.25, 0.3) is 0 Å². The van der Waals surface area contributed by atoms with Crippen LogP contribution in [0.2, 0.25) is 0 Å². The van der Waals surface area contributed by atoms with Gasteiger partial charge in [-0.3, -0.25) is 4.79 Å². The van der Waals surface area contributed by atoms with Crippen LogP contribution < -0.4 is 11.3 Å². The lowest BCUT2D eigenvalue weighted by Gasteiger charge is -2.34. The van der Waals surface area contributed by atoms with Gasteiger partial charge in [0.05, 0.1) is 0 Å². The summed E-state index contributed by atoms with van der Waals surface area (Å²) in [7, 11) is 0. The molecule has 0 amide bonds. The van der Waals surface area contributed by atoms with Crippen molar-refractivity contribution in [2.24, 2.45) is 11.1 Å². The van der Waals surface area contributed by atoms with Crippen LogP contribution >= 0.6 is 0 Å². The molecule has 3 nitrogen and oxygen atoms in total. The van der Waals surface area contributed by atoms with E-state index in [4.69, 9.17) is 5.73 Å². The van der Waals surface area contributed by atoms with Crippen LogP contribution in [0.3, 0.4) is 0 Å². The fourth-order valence-electron chi connectivity index (χ4n) is 2.28. The molecule has 0 spiro atoms. The second-order valence-electron chi connectivity index (χ2n) is 4.91. The van der Waals surface area contributed by atoms with Gasteiger partial charge in [0, 0.05) is 17.8 Å². The lowest BCUT2D eigenvalue weighted by molar-refractivity contribution is 0.278. The van der Waals surface area contributed by atoms with Gasteiger partial charge >= 0.3 is 0 Å². The molecule has 1 heterocycles. The number of aromatic amines is 1. The average Bonchev–Trinajstić information content (AvgIpc) is 2.00. The van der Waals surface area contributed by atoms with Crippen LogP contribution in [0.1, 0.15) is 37.6 Å². The third-order valence-electron chi connectivity index (χ3n) is 2.86. The van der Waals surface area contributed by atoms with Crippen molar-refractivity contribution >= 4 is 0 Å².